The molecule has 1 aromatic carbocycles. The normalized spacial score (nSPS) is 10.7. The molecule has 0 bridgehead atoms. The summed E-state index contributed by atoms with van der Waals surface area (Å²) in [5.41, 5.74) is 1.96. The minimum atomic E-state index is 0.659. The summed E-state index contributed by atoms with van der Waals surface area (Å²) in [5.74, 6) is 0.817. The van der Waals surface area contributed by atoms with E-state index in [1.54, 1.807) is 7.11 Å². The molecular formula is C13H15Br2N3O. The first-order valence-electron chi connectivity index (χ1n) is 5.85. The summed E-state index contributed by atoms with van der Waals surface area (Å²) in [6.45, 7) is 3.41. The van der Waals surface area contributed by atoms with Crippen molar-refractivity contribution in [1.29, 1.82) is 0 Å². The zero-order valence-electron chi connectivity index (χ0n) is 10.8. The zero-order chi connectivity index (χ0) is 13.8. The minimum Gasteiger partial charge on any atom is -0.383 e. The van der Waals surface area contributed by atoms with E-state index in [1.165, 1.54) is 0 Å². The van der Waals surface area contributed by atoms with Crippen molar-refractivity contribution in [3.8, 4) is 0 Å². The van der Waals surface area contributed by atoms with Gasteiger partial charge in [-0.3, -0.25) is 0 Å². The molecule has 0 aliphatic carbocycles. The molecule has 0 aliphatic rings. The van der Waals surface area contributed by atoms with E-state index in [2.05, 4.69) is 42.2 Å². The number of imidazole rings is 1. The van der Waals surface area contributed by atoms with Crippen LogP contribution in [0.15, 0.2) is 33.3 Å². The maximum atomic E-state index is 5.11. The number of ether oxygens (including phenoxy) is 1. The minimum absolute atomic E-state index is 0.659. The molecule has 1 heterocycles. The van der Waals surface area contributed by atoms with Crippen molar-refractivity contribution in [1.82, 2.24) is 9.55 Å². The van der Waals surface area contributed by atoms with Crippen molar-refractivity contribution < 1.29 is 4.74 Å². The lowest BCUT2D eigenvalue weighted by Crippen LogP contribution is -2.07. The van der Waals surface area contributed by atoms with Crippen LogP contribution in [0.5, 0.6) is 0 Å². The summed E-state index contributed by atoms with van der Waals surface area (Å²) in [5, 5.41) is 3.33. The number of hydrogen-bond acceptors (Lipinski definition) is 3. The number of hydrogen-bond donors (Lipinski definition) is 1. The van der Waals surface area contributed by atoms with Crippen LogP contribution in [0.3, 0.4) is 0 Å². The maximum Gasteiger partial charge on any atom is 0.207 e. The van der Waals surface area contributed by atoms with E-state index < -0.39 is 0 Å². The van der Waals surface area contributed by atoms with Crippen molar-refractivity contribution >= 4 is 43.5 Å². The number of anilines is 2. The van der Waals surface area contributed by atoms with Crippen LogP contribution in [-0.4, -0.2) is 23.3 Å². The molecule has 2 aromatic rings. The lowest BCUT2D eigenvalue weighted by Gasteiger charge is -2.11. The molecule has 0 saturated heterocycles. The molecule has 4 nitrogen and oxygen atoms in total. The van der Waals surface area contributed by atoms with E-state index in [1.807, 2.05) is 35.9 Å². The van der Waals surface area contributed by atoms with Gasteiger partial charge in [0, 0.05) is 28.8 Å². The Morgan fingerprint density at radius 3 is 2.84 bits per heavy atom. The highest BCUT2D eigenvalue weighted by Gasteiger charge is 2.08. The number of aromatic nitrogens is 2. The summed E-state index contributed by atoms with van der Waals surface area (Å²) in [6.07, 6.45) is 2.01. The van der Waals surface area contributed by atoms with Crippen LogP contribution in [0, 0.1) is 6.92 Å². The van der Waals surface area contributed by atoms with E-state index in [4.69, 9.17) is 4.74 Å². The quantitative estimate of drug-likeness (QED) is 0.837. The van der Waals surface area contributed by atoms with E-state index in [9.17, 15) is 0 Å². The molecule has 0 atom stereocenters. The van der Waals surface area contributed by atoms with Gasteiger partial charge < -0.3 is 14.6 Å². The molecule has 0 spiro atoms. The summed E-state index contributed by atoms with van der Waals surface area (Å²) >= 11 is 6.97. The fourth-order valence-electron chi connectivity index (χ4n) is 1.72. The fourth-order valence-corrected chi connectivity index (χ4v) is 2.86. The van der Waals surface area contributed by atoms with E-state index in [0.717, 1.165) is 32.8 Å². The van der Waals surface area contributed by atoms with Crippen LogP contribution < -0.4 is 5.32 Å². The maximum absolute atomic E-state index is 5.11. The second-order valence-electron chi connectivity index (χ2n) is 4.14. The van der Waals surface area contributed by atoms with Gasteiger partial charge in [0.05, 0.1) is 18.0 Å². The largest absolute Gasteiger partial charge is 0.383 e. The SMILES string of the molecule is COCCn1cc(C)nc1Nc1ccc(Br)cc1Br. The number of rotatable bonds is 5. The third-order valence-corrected chi connectivity index (χ3v) is 3.76. The Hall–Kier alpha value is -0.850. The lowest BCUT2D eigenvalue weighted by atomic mass is 10.3. The molecule has 1 aromatic heterocycles. The highest BCUT2D eigenvalue weighted by Crippen LogP contribution is 2.28. The van der Waals surface area contributed by atoms with Crippen LogP contribution in [0.2, 0.25) is 0 Å². The molecule has 0 fully saturated rings. The average molecular weight is 389 g/mol. The first-order chi connectivity index (χ1) is 9.10. The van der Waals surface area contributed by atoms with Crippen molar-refractivity contribution in [2.75, 3.05) is 19.0 Å². The Kier molecular flexibility index (Phi) is 5.01. The van der Waals surface area contributed by atoms with Crippen LogP contribution in [0.25, 0.3) is 0 Å². The first-order valence-corrected chi connectivity index (χ1v) is 7.43. The molecule has 1 N–H and O–H groups in total. The number of methoxy groups -OCH3 is 1. The number of halogens is 2. The molecule has 19 heavy (non-hydrogen) atoms. The van der Waals surface area contributed by atoms with E-state index in [0.29, 0.717) is 6.61 Å². The molecule has 0 radical (unpaired) electrons. The second kappa shape index (κ2) is 6.54. The second-order valence-corrected chi connectivity index (χ2v) is 5.91. The molecular weight excluding hydrogens is 374 g/mol. The van der Waals surface area contributed by atoms with Gasteiger partial charge in [-0.1, -0.05) is 15.9 Å². The van der Waals surface area contributed by atoms with Gasteiger partial charge >= 0.3 is 0 Å². The van der Waals surface area contributed by atoms with Gasteiger partial charge in [-0.2, -0.15) is 0 Å². The van der Waals surface area contributed by atoms with Crippen molar-refractivity contribution in [2.45, 2.75) is 13.5 Å². The number of nitrogens with zero attached hydrogens (tertiary/aromatic N) is 2. The predicted octanol–water partition coefficient (Wildman–Crippen LogP) is 4.11. The Bertz CT molecular complexity index is 569. The number of aryl methyl sites for hydroxylation is 1. The highest BCUT2D eigenvalue weighted by molar-refractivity contribution is 9.11. The molecule has 0 saturated carbocycles. The smallest absolute Gasteiger partial charge is 0.207 e. The van der Waals surface area contributed by atoms with Crippen LogP contribution in [-0.2, 0) is 11.3 Å². The van der Waals surface area contributed by atoms with Gasteiger partial charge in [0.1, 0.15) is 0 Å². The number of nitrogens with one attached hydrogen (secondary N) is 1. The van der Waals surface area contributed by atoms with Crippen molar-refractivity contribution in [2.24, 2.45) is 0 Å². The van der Waals surface area contributed by atoms with E-state index >= 15 is 0 Å². The summed E-state index contributed by atoms with van der Waals surface area (Å²) < 4.78 is 9.17. The molecule has 0 amide bonds. The fraction of sp³-hybridized carbons (Fsp3) is 0.308. The summed E-state index contributed by atoms with van der Waals surface area (Å²) in [6, 6.07) is 5.98. The topological polar surface area (TPSA) is 39.1 Å². The Balaban J connectivity index is 2.22. The van der Waals surface area contributed by atoms with Gasteiger partial charge in [-0.05, 0) is 41.1 Å². The summed E-state index contributed by atoms with van der Waals surface area (Å²) in [7, 11) is 1.70. The molecule has 2 rings (SSSR count). The molecule has 6 heteroatoms. The molecule has 0 unspecified atom stereocenters. The molecule has 102 valence electrons. The highest BCUT2D eigenvalue weighted by atomic mass is 79.9. The Morgan fingerprint density at radius 1 is 1.37 bits per heavy atom. The van der Waals surface area contributed by atoms with Crippen LogP contribution in [0.1, 0.15) is 5.69 Å². The average Bonchev–Trinajstić information content (AvgIpc) is 2.70. The Morgan fingerprint density at radius 2 is 2.16 bits per heavy atom. The monoisotopic (exact) mass is 387 g/mol. The summed E-state index contributed by atoms with van der Waals surface area (Å²) in [4.78, 5) is 4.49. The Labute approximate surface area is 129 Å². The predicted molar refractivity (Wildman–Crippen MR) is 84.0 cm³/mol. The van der Waals surface area contributed by atoms with E-state index in [-0.39, 0.29) is 0 Å². The molecule has 0 aliphatic heterocycles. The standard InChI is InChI=1S/C13H15Br2N3O/c1-9-8-18(5-6-19-2)13(16-9)17-12-4-3-10(14)7-11(12)15/h3-4,7-8H,5-6H2,1-2H3,(H,16,17). The van der Waals surface area contributed by atoms with Crippen LogP contribution in [0.4, 0.5) is 11.6 Å². The van der Waals surface area contributed by atoms with Gasteiger partial charge in [0.15, 0.2) is 0 Å². The first kappa shape index (κ1) is 14.6. The van der Waals surface area contributed by atoms with Gasteiger partial charge in [-0.25, -0.2) is 4.98 Å². The van der Waals surface area contributed by atoms with Crippen LogP contribution >= 0.6 is 31.9 Å². The van der Waals surface area contributed by atoms with Gasteiger partial charge in [0.2, 0.25) is 5.95 Å². The van der Waals surface area contributed by atoms with Crippen molar-refractivity contribution in [3.63, 3.8) is 0 Å². The van der Waals surface area contributed by atoms with Crippen molar-refractivity contribution in [3.05, 3.63) is 39.0 Å². The van der Waals surface area contributed by atoms with Gasteiger partial charge in [0.25, 0.3) is 0 Å². The lowest BCUT2D eigenvalue weighted by molar-refractivity contribution is 0.188. The third-order valence-electron chi connectivity index (χ3n) is 2.61. The number of benzene rings is 1. The third kappa shape index (κ3) is 3.81. The zero-order valence-corrected chi connectivity index (χ0v) is 14.0. The van der Waals surface area contributed by atoms with Gasteiger partial charge in [-0.15, -0.1) is 0 Å².